The first-order valence-electron chi connectivity index (χ1n) is 6.77. The molecule has 0 saturated heterocycles. The van der Waals surface area contributed by atoms with E-state index in [0.717, 1.165) is 19.3 Å². The van der Waals surface area contributed by atoms with Crippen LogP contribution >= 0.6 is 0 Å². The lowest BCUT2D eigenvalue weighted by molar-refractivity contribution is 0.516. The molecule has 2 rings (SSSR count). The summed E-state index contributed by atoms with van der Waals surface area (Å²) >= 11 is 0. The average Bonchev–Trinajstić information content (AvgIpc) is 2.49. The maximum absolute atomic E-state index is 5.67. The SMILES string of the molecule is CCc1ccc(C(CCc2cccnc2)NN)cc1. The minimum absolute atomic E-state index is 0.186. The molecule has 3 N–H and O–H groups in total. The minimum Gasteiger partial charge on any atom is -0.271 e. The van der Waals surface area contributed by atoms with Crippen molar-refractivity contribution in [1.29, 1.82) is 0 Å². The molecular formula is C16H21N3. The highest BCUT2D eigenvalue weighted by molar-refractivity contribution is 5.25. The Morgan fingerprint density at radius 1 is 1.16 bits per heavy atom. The highest BCUT2D eigenvalue weighted by Gasteiger charge is 2.09. The summed E-state index contributed by atoms with van der Waals surface area (Å²) in [5.74, 6) is 5.67. The van der Waals surface area contributed by atoms with Gasteiger partial charge in [0.25, 0.3) is 0 Å². The highest BCUT2D eigenvalue weighted by Crippen LogP contribution is 2.19. The van der Waals surface area contributed by atoms with Crippen molar-refractivity contribution >= 4 is 0 Å². The molecule has 1 unspecified atom stereocenters. The summed E-state index contributed by atoms with van der Waals surface area (Å²) in [7, 11) is 0. The lowest BCUT2D eigenvalue weighted by Crippen LogP contribution is -2.28. The number of hydrogen-bond donors (Lipinski definition) is 2. The first kappa shape index (κ1) is 13.7. The predicted molar refractivity (Wildman–Crippen MR) is 78.4 cm³/mol. The van der Waals surface area contributed by atoms with Gasteiger partial charge in [-0.1, -0.05) is 37.3 Å². The Bertz CT molecular complexity index is 479. The lowest BCUT2D eigenvalue weighted by Gasteiger charge is -2.16. The number of nitrogens with zero attached hydrogens (tertiary/aromatic N) is 1. The van der Waals surface area contributed by atoms with Gasteiger partial charge in [-0.15, -0.1) is 0 Å². The number of hydrogen-bond acceptors (Lipinski definition) is 3. The zero-order valence-corrected chi connectivity index (χ0v) is 11.3. The van der Waals surface area contributed by atoms with Crippen LogP contribution in [0.1, 0.15) is 36.1 Å². The van der Waals surface area contributed by atoms with Crippen LogP contribution in [-0.4, -0.2) is 4.98 Å². The molecular weight excluding hydrogens is 234 g/mol. The highest BCUT2D eigenvalue weighted by atomic mass is 15.2. The molecule has 1 aromatic carbocycles. The number of hydrazine groups is 1. The maximum atomic E-state index is 5.67. The number of benzene rings is 1. The quantitative estimate of drug-likeness (QED) is 0.616. The molecule has 0 bridgehead atoms. The van der Waals surface area contributed by atoms with Crippen molar-refractivity contribution in [3.8, 4) is 0 Å². The largest absolute Gasteiger partial charge is 0.271 e. The molecule has 1 heterocycles. The molecule has 0 saturated carbocycles. The van der Waals surface area contributed by atoms with Crippen LogP contribution in [0.3, 0.4) is 0 Å². The van der Waals surface area contributed by atoms with Crippen molar-refractivity contribution in [3.05, 3.63) is 65.5 Å². The summed E-state index contributed by atoms with van der Waals surface area (Å²) in [4.78, 5) is 4.13. The van der Waals surface area contributed by atoms with E-state index in [2.05, 4.69) is 47.7 Å². The van der Waals surface area contributed by atoms with E-state index >= 15 is 0 Å². The smallest absolute Gasteiger partial charge is 0.0463 e. The van der Waals surface area contributed by atoms with E-state index in [1.54, 1.807) is 6.20 Å². The van der Waals surface area contributed by atoms with Gasteiger partial charge in [0.15, 0.2) is 0 Å². The Balaban J connectivity index is 1.99. The Morgan fingerprint density at radius 2 is 1.95 bits per heavy atom. The van der Waals surface area contributed by atoms with Gasteiger partial charge in [-0.25, -0.2) is 0 Å². The number of aryl methyl sites for hydroxylation is 2. The Labute approximate surface area is 114 Å². The second-order valence-electron chi connectivity index (χ2n) is 4.71. The van der Waals surface area contributed by atoms with Crippen LogP contribution in [0, 0.1) is 0 Å². The van der Waals surface area contributed by atoms with E-state index in [-0.39, 0.29) is 6.04 Å². The van der Waals surface area contributed by atoms with Gasteiger partial charge in [-0.3, -0.25) is 16.3 Å². The number of rotatable bonds is 6. The van der Waals surface area contributed by atoms with Gasteiger partial charge in [0.2, 0.25) is 0 Å². The molecule has 1 atom stereocenters. The van der Waals surface area contributed by atoms with Gasteiger partial charge in [0.05, 0.1) is 0 Å². The summed E-state index contributed by atoms with van der Waals surface area (Å²) in [6, 6.07) is 12.9. The van der Waals surface area contributed by atoms with Gasteiger partial charge >= 0.3 is 0 Å². The van der Waals surface area contributed by atoms with Gasteiger partial charge in [0, 0.05) is 18.4 Å². The first-order valence-corrected chi connectivity index (χ1v) is 6.77. The third-order valence-corrected chi connectivity index (χ3v) is 3.44. The Hall–Kier alpha value is -1.71. The molecule has 19 heavy (non-hydrogen) atoms. The lowest BCUT2D eigenvalue weighted by atomic mass is 9.99. The predicted octanol–water partition coefficient (Wildman–Crippen LogP) is 2.78. The number of nitrogens with two attached hydrogens (primary N) is 1. The van der Waals surface area contributed by atoms with Crippen LogP contribution in [0.2, 0.25) is 0 Å². The van der Waals surface area contributed by atoms with E-state index in [4.69, 9.17) is 5.84 Å². The van der Waals surface area contributed by atoms with Crippen molar-refractivity contribution in [2.24, 2.45) is 5.84 Å². The standard InChI is InChI=1S/C16H21N3/c1-2-13-5-8-15(9-6-13)16(19-17)10-7-14-4-3-11-18-12-14/h3-6,8-9,11-12,16,19H,2,7,10,17H2,1H3. The van der Waals surface area contributed by atoms with E-state index < -0.39 is 0 Å². The molecule has 0 aliphatic carbocycles. The monoisotopic (exact) mass is 255 g/mol. The normalized spacial score (nSPS) is 12.3. The van der Waals surface area contributed by atoms with E-state index in [9.17, 15) is 0 Å². The van der Waals surface area contributed by atoms with E-state index in [1.165, 1.54) is 16.7 Å². The van der Waals surface area contributed by atoms with Crippen molar-refractivity contribution in [1.82, 2.24) is 10.4 Å². The zero-order valence-electron chi connectivity index (χ0n) is 11.3. The third-order valence-electron chi connectivity index (χ3n) is 3.44. The summed E-state index contributed by atoms with van der Waals surface area (Å²) in [6.07, 6.45) is 6.71. The van der Waals surface area contributed by atoms with E-state index in [1.807, 2.05) is 12.3 Å². The fraction of sp³-hybridized carbons (Fsp3) is 0.312. The summed E-state index contributed by atoms with van der Waals surface area (Å²) in [6.45, 7) is 2.16. The molecule has 0 aliphatic heterocycles. The van der Waals surface area contributed by atoms with Crippen molar-refractivity contribution in [2.75, 3.05) is 0 Å². The number of aromatic nitrogens is 1. The minimum atomic E-state index is 0.186. The topological polar surface area (TPSA) is 50.9 Å². The van der Waals surface area contributed by atoms with Crippen molar-refractivity contribution < 1.29 is 0 Å². The molecule has 1 aromatic heterocycles. The Kier molecular flexibility index (Phi) is 5.07. The first-order chi connectivity index (χ1) is 9.33. The van der Waals surface area contributed by atoms with Crippen LogP contribution in [-0.2, 0) is 12.8 Å². The third kappa shape index (κ3) is 3.88. The molecule has 0 amide bonds. The molecule has 0 spiro atoms. The molecule has 3 heteroatoms. The summed E-state index contributed by atoms with van der Waals surface area (Å²) in [5, 5.41) is 0. The molecule has 2 aromatic rings. The zero-order chi connectivity index (χ0) is 13.5. The average molecular weight is 255 g/mol. The van der Waals surface area contributed by atoms with Crippen LogP contribution in [0.25, 0.3) is 0 Å². The summed E-state index contributed by atoms with van der Waals surface area (Å²) in [5.41, 5.74) is 6.74. The van der Waals surface area contributed by atoms with Crippen LogP contribution in [0.15, 0.2) is 48.8 Å². The molecule has 0 radical (unpaired) electrons. The molecule has 3 nitrogen and oxygen atoms in total. The van der Waals surface area contributed by atoms with Crippen LogP contribution in [0.4, 0.5) is 0 Å². The molecule has 0 aliphatic rings. The van der Waals surface area contributed by atoms with Crippen LogP contribution in [0.5, 0.6) is 0 Å². The van der Waals surface area contributed by atoms with Gasteiger partial charge in [-0.05, 0) is 42.0 Å². The molecule has 100 valence electrons. The second kappa shape index (κ2) is 7.02. The van der Waals surface area contributed by atoms with E-state index in [0.29, 0.717) is 0 Å². The van der Waals surface area contributed by atoms with Crippen molar-refractivity contribution in [3.63, 3.8) is 0 Å². The Morgan fingerprint density at radius 3 is 2.53 bits per heavy atom. The van der Waals surface area contributed by atoms with Gasteiger partial charge in [0.1, 0.15) is 0 Å². The fourth-order valence-electron chi connectivity index (χ4n) is 2.19. The fourth-order valence-corrected chi connectivity index (χ4v) is 2.19. The number of nitrogens with one attached hydrogen (secondary N) is 1. The summed E-state index contributed by atoms with van der Waals surface area (Å²) < 4.78 is 0. The maximum Gasteiger partial charge on any atom is 0.0463 e. The molecule has 0 fully saturated rings. The van der Waals surface area contributed by atoms with Gasteiger partial charge in [-0.2, -0.15) is 0 Å². The number of pyridine rings is 1. The van der Waals surface area contributed by atoms with Crippen molar-refractivity contribution in [2.45, 2.75) is 32.2 Å². The van der Waals surface area contributed by atoms with Gasteiger partial charge < -0.3 is 0 Å². The second-order valence-corrected chi connectivity index (χ2v) is 4.71. The van der Waals surface area contributed by atoms with Crippen LogP contribution < -0.4 is 11.3 Å².